The first kappa shape index (κ1) is 14.8. The van der Waals surface area contributed by atoms with E-state index in [9.17, 15) is 9.59 Å². The van der Waals surface area contributed by atoms with E-state index in [0.717, 1.165) is 5.69 Å². The summed E-state index contributed by atoms with van der Waals surface area (Å²) in [4.78, 5) is 22.8. The quantitative estimate of drug-likeness (QED) is 0.830. The Labute approximate surface area is 121 Å². The van der Waals surface area contributed by atoms with E-state index >= 15 is 0 Å². The fraction of sp³-hybridized carbons (Fsp3) is 0.385. The molecule has 8 heteroatoms. The van der Waals surface area contributed by atoms with Gasteiger partial charge in [0.05, 0.1) is 24.3 Å². The minimum atomic E-state index is -0.933. The molecule has 2 heterocycles. The SMILES string of the molecule is CCn1cc(NC(=O)c2ccnn2CCC(=O)O)c(C)n1. The number of hydrogen-bond acceptors (Lipinski definition) is 4. The van der Waals surface area contributed by atoms with E-state index < -0.39 is 5.97 Å². The predicted octanol–water partition coefficient (Wildman–Crippen LogP) is 1.13. The van der Waals surface area contributed by atoms with Crippen LogP contribution in [0.4, 0.5) is 5.69 Å². The monoisotopic (exact) mass is 291 g/mol. The van der Waals surface area contributed by atoms with Gasteiger partial charge in [0.2, 0.25) is 0 Å². The molecule has 1 amide bonds. The molecule has 0 saturated carbocycles. The molecular formula is C13H17N5O3. The van der Waals surface area contributed by atoms with Crippen molar-refractivity contribution in [2.45, 2.75) is 33.4 Å². The van der Waals surface area contributed by atoms with Crippen molar-refractivity contribution in [3.05, 3.63) is 29.8 Å². The zero-order valence-corrected chi connectivity index (χ0v) is 11.9. The normalized spacial score (nSPS) is 10.6. The van der Waals surface area contributed by atoms with Gasteiger partial charge in [0.25, 0.3) is 5.91 Å². The number of aromatic nitrogens is 4. The van der Waals surface area contributed by atoms with Crippen LogP contribution in [0.3, 0.4) is 0 Å². The standard InChI is InChI=1S/C13H17N5O3/c1-3-17-8-10(9(2)16-17)15-13(21)11-4-6-14-18(11)7-5-12(19)20/h4,6,8H,3,5,7H2,1-2H3,(H,15,21)(H,19,20). The number of carbonyl (C=O) groups excluding carboxylic acids is 1. The van der Waals surface area contributed by atoms with Gasteiger partial charge in [-0.25, -0.2) is 0 Å². The Kier molecular flexibility index (Phi) is 4.36. The van der Waals surface area contributed by atoms with Crippen molar-refractivity contribution in [1.29, 1.82) is 0 Å². The molecular weight excluding hydrogens is 274 g/mol. The largest absolute Gasteiger partial charge is 0.481 e. The van der Waals surface area contributed by atoms with Crippen LogP contribution >= 0.6 is 0 Å². The molecule has 0 aliphatic carbocycles. The number of carboxylic acids is 1. The third kappa shape index (κ3) is 3.47. The highest BCUT2D eigenvalue weighted by atomic mass is 16.4. The predicted molar refractivity (Wildman–Crippen MR) is 75.1 cm³/mol. The molecule has 0 aliphatic heterocycles. The minimum absolute atomic E-state index is 0.0885. The van der Waals surface area contributed by atoms with E-state index in [1.807, 2.05) is 13.8 Å². The van der Waals surface area contributed by atoms with Crippen LogP contribution in [0.1, 0.15) is 29.5 Å². The van der Waals surface area contributed by atoms with Gasteiger partial charge in [0.1, 0.15) is 5.69 Å². The van der Waals surface area contributed by atoms with Gasteiger partial charge in [-0.1, -0.05) is 0 Å². The van der Waals surface area contributed by atoms with Crippen molar-refractivity contribution in [1.82, 2.24) is 19.6 Å². The molecule has 0 radical (unpaired) electrons. The Morgan fingerprint density at radius 2 is 2.19 bits per heavy atom. The van der Waals surface area contributed by atoms with E-state index in [2.05, 4.69) is 15.5 Å². The van der Waals surface area contributed by atoms with Gasteiger partial charge >= 0.3 is 5.97 Å². The lowest BCUT2D eigenvalue weighted by Gasteiger charge is -2.06. The second-order valence-electron chi connectivity index (χ2n) is 4.52. The second-order valence-corrected chi connectivity index (χ2v) is 4.52. The summed E-state index contributed by atoms with van der Waals surface area (Å²) in [6, 6.07) is 1.55. The summed E-state index contributed by atoms with van der Waals surface area (Å²) in [5.41, 5.74) is 1.68. The molecule has 0 aliphatic rings. The number of aryl methyl sites for hydroxylation is 3. The number of carbonyl (C=O) groups is 2. The van der Waals surface area contributed by atoms with Crippen LogP contribution in [0.2, 0.25) is 0 Å². The van der Waals surface area contributed by atoms with Gasteiger partial charge in [-0.2, -0.15) is 10.2 Å². The third-order valence-electron chi connectivity index (χ3n) is 3.01. The number of carboxylic acid groups (broad SMARTS) is 1. The van der Waals surface area contributed by atoms with E-state index in [0.29, 0.717) is 17.9 Å². The molecule has 2 aromatic heterocycles. The summed E-state index contributed by atoms with van der Waals surface area (Å²) >= 11 is 0. The van der Waals surface area contributed by atoms with E-state index in [1.165, 1.54) is 10.9 Å². The number of nitrogens with zero attached hydrogens (tertiary/aromatic N) is 4. The second kappa shape index (κ2) is 6.21. The highest BCUT2D eigenvalue weighted by Gasteiger charge is 2.15. The maximum absolute atomic E-state index is 12.2. The number of rotatable bonds is 6. The van der Waals surface area contributed by atoms with Crippen LogP contribution in [0.25, 0.3) is 0 Å². The van der Waals surface area contributed by atoms with Crippen molar-refractivity contribution < 1.29 is 14.7 Å². The zero-order valence-electron chi connectivity index (χ0n) is 11.9. The third-order valence-corrected chi connectivity index (χ3v) is 3.01. The Bertz CT molecular complexity index is 659. The number of anilines is 1. The molecule has 2 N–H and O–H groups in total. The lowest BCUT2D eigenvalue weighted by Crippen LogP contribution is -2.19. The molecule has 0 unspecified atom stereocenters. The topological polar surface area (TPSA) is 102 Å². The summed E-state index contributed by atoms with van der Waals surface area (Å²) in [6.07, 6.45) is 3.14. The van der Waals surface area contributed by atoms with Crippen LogP contribution in [0, 0.1) is 6.92 Å². The van der Waals surface area contributed by atoms with E-state index in [1.54, 1.807) is 16.9 Å². The minimum Gasteiger partial charge on any atom is -0.481 e. The molecule has 0 saturated heterocycles. The first-order valence-corrected chi connectivity index (χ1v) is 6.60. The lowest BCUT2D eigenvalue weighted by atomic mass is 10.3. The van der Waals surface area contributed by atoms with Crippen LogP contribution < -0.4 is 5.32 Å². The van der Waals surface area contributed by atoms with Crippen LogP contribution in [-0.2, 0) is 17.9 Å². The molecule has 2 aromatic rings. The summed E-state index contributed by atoms with van der Waals surface area (Å²) in [7, 11) is 0. The Balaban J connectivity index is 2.11. The van der Waals surface area contributed by atoms with Crippen LogP contribution in [0.15, 0.2) is 18.5 Å². The average molecular weight is 291 g/mol. The van der Waals surface area contributed by atoms with Gasteiger partial charge in [-0.15, -0.1) is 0 Å². The smallest absolute Gasteiger partial charge is 0.305 e. The highest BCUT2D eigenvalue weighted by Crippen LogP contribution is 2.14. The van der Waals surface area contributed by atoms with Crippen molar-refractivity contribution in [2.24, 2.45) is 0 Å². The Morgan fingerprint density at radius 3 is 2.81 bits per heavy atom. The molecule has 0 spiro atoms. The Hall–Kier alpha value is -2.64. The van der Waals surface area contributed by atoms with Gasteiger partial charge in [-0.05, 0) is 19.9 Å². The summed E-state index contributed by atoms with van der Waals surface area (Å²) in [5, 5.41) is 19.7. The van der Waals surface area contributed by atoms with Gasteiger partial charge in [0.15, 0.2) is 0 Å². The van der Waals surface area contributed by atoms with E-state index in [-0.39, 0.29) is 18.9 Å². The summed E-state index contributed by atoms with van der Waals surface area (Å²) in [5.74, 6) is -1.27. The van der Waals surface area contributed by atoms with Gasteiger partial charge in [-0.3, -0.25) is 19.0 Å². The number of aliphatic carboxylic acids is 1. The van der Waals surface area contributed by atoms with Crippen LogP contribution in [-0.4, -0.2) is 36.5 Å². The Morgan fingerprint density at radius 1 is 1.43 bits per heavy atom. The first-order valence-electron chi connectivity index (χ1n) is 6.60. The molecule has 112 valence electrons. The van der Waals surface area contributed by atoms with E-state index in [4.69, 9.17) is 5.11 Å². The number of nitrogens with one attached hydrogen (secondary N) is 1. The molecule has 0 bridgehead atoms. The summed E-state index contributed by atoms with van der Waals surface area (Å²) in [6.45, 7) is 4.63. The molecule has 8 nitrogen and oxygen atoms in total. The van der Waals surface area contributed by atoms with Crippen molar-refractivity contribution in [2.75, 3.05) is 5.32 Å². The fourth-order valence-corrected chi connectivity index (χ4v) is 1.89. The summed E-state index contributed by atoms with van der Waals surface area (Å²) < 4.78 is 3.11. The molecule has 2 rings (SSSR count). The molecule has 0 fully saturated rings. The van der Waals surface area contributed by atoms with Gasteiger partial charge < -0.3 is 10.4 Å². The van der Waals surface area contributed by atoms with Crippen molar-refractivity contribution in [3.8, 4) is 0 Å². The highest BCUT2D eigenvalue weighted by molar-refractivity contribution is 6.03. The van der Waals surface area contributed by atoms with Crippen molar-refractivity contribution >= 4 is 17.6 Å². The number of hydrogen-bond donors (Lipinski definition) is 2. The molecule has 21 heavy (non-hydrogen) atoms. The molecule has 0 atom stereocenters. The maximum Gasteiger partial charge on any atom is 0.305 e. The average Bonchev–Trinajstić information content (AvgIpc) is 3.03. The number of amides is 1. The fourth-order valence-electron chi connectivity index (χ4n) is 1.89. The van der Waals surface area contributed by atoms with Crippen LogP contribution in [0.5, 0.6) is 0 Å². The molecule has 0 aromatic carbocycles. The maximum atomic E-state index is 12.2. The first-order chi connectivity index (χ1) is 10.0. The van der Waals surface area contributed by atoms with Crippen molar-refractivity contribution in [3.63, 3.8) is 0 Å². The van der Waals surface area contributed by atoms with Gasteiger partial charge in [0, 0.05) is 18.9 Å². The lowest BCUT2D eigenvalue weighted by molar-refractivity contribution is -0.137. The zero-order chi connectivity index (χ0) is 15.4.